The molecule has 4 nitrogen and oxygen atoms in total. The second kappa shape index (κ2) is 9.68. The van der Waals surface area contributed by atoms with Crippen LogP contribution >= 0.6 is 11.6 Å². The molecule has 156 valence electrons. The molecule has 0 spiro atoms. The van der Waals surface area contributed by atoms with Crippen LogP contribution in [0.15, 0.2) is 54.6 Å². The van der Waals surface area contributed by atoms with Gasteiger partial charge in [-0.05, 0) is 85.8 Å². The van der Waals surface area contributed by atoms with Crippen LogP contribution in [0.25, 0.3) is 0 Å². The Hall–Kier alpha value is -2.98. The summed E-state index contributed by atoms with van der Waals surface area (Å²) in [5.41, 5.74) is 7.59. The van der Waals surface area contributed by atoms with Crippen molar-refractivity contribution in [3.8, 4) is 5.75 Å². The number of aryl methyl sites for hydroxylation is 3. The molecular weight excluding hydrogens is 396 g/mol. The predicted molar refractivity (Wildman–Crippen MR) is 125 cm³/mol. The Morgan fingerprint density at radius 2 is 1.73 bits per heavy atom. The molecule has 2 N–H and O–H groups in total. The SMILES string of the molecule is Cc1ccc(NCc2ccc(OCC(=O)Nc3cccc(C)c3C)c(Cl)c2)cc1C. The Balaban J connectivity index is 1.55. The van der Waals surface area contributed by atoms with E-state index in [0.717, 1.165) is 28.1 Å². The number of rotatable bonds is 7. The van der Waals surface area contributed by atoms with Gasteiger partial charge in [0.2, 0.25) is 0 Å². The number of halogens is 1. The minimum Gasteiger partial charge on any atom is -0.482 e. The molecule has 30 heavy (non-hydrogen) atoms. The summed E-state index contributed by atoms with van der Waals surface area (Å²) < 4.78 is 5.62. The molecule has 3 aromatic carbocycles. The van der Waals surface area contributed by atoms with Gasteiger partial charge >= 0.3 is 0 Å². The maximum atomic E-state index is 12.2. The smallest absolute Gasteiger partial charge is 0.262 e. The van der Waals surface area contributed by atoms with Crippen molar-refractivity contribution in [1.82, 2.24) is 0 Å². The van der Waals surface area contributed by atoms with E-state index in [1.807, 2.05) is 44.2 Å². The van der Waals surface area contributed by atoms with Gasteiger partial charge in [-0.15, -0.1) is 0 Å². The highest BCUT2D eigenvalue weighted by molar-refractivity contribution is 6.32. The van der Waals surface area contributed by atoms with E-state index in [-0.39, 0.29) is 12.5 Å². The molecule has 3 aromatic rings. The van der Waals surface area contributed by atoms with Crippen molar-refractivity contribution < 1.29 is 9.53 Å². The van der Waals surface area contributed by atoms with Crippen molar-refractivity contribution >= 4 is 28.9 Å². The highest BCUT2D eigenvalue weighted by Crippen LogP contribution is 2.26. The summed E-state index contributed by atoms with van der Waals surface area (Å²) in [6.07, 6.45) is 0. The van der Waals surface area contributed by atoms with Crippen molar-refractivity contribution in [2.75, 3.05) is 17.2 Å². The van der Waals surface area contributed by atoms with Crippen LogP contribution in [0.5, 0.6) is 5.75 Å². The minimum absolute atomic E-state index is 0.104. The lowest BCUT2D eigenvalue weighted by molar-refractivity contribution is -0.118. The number of carbonyl (C=O) groups is 1. The first-order valence-electron chi connectivity index (χ1n) is 9.92. The average molecular weight is 423 g/mol. The summed E-state index contributed by atoms with van der Waals surface area (Å²) >= 11 is 6.36. The van der Waals surface area contributed by atoms with Crippen LogP contribution in [0.2, 0.25) is 5.02 Å². The third kappa shape index (κ3) is 5.55. The van der Waals surface area contributed by atoms with Crippen LogP contribution in [0.3, 0.4) is 0 Å². The van der Waals surface area contributed by atoms with E-state index >= 15 is 0 Å². The fourth-order valence-corrected chi connectivity index (χ4v) is 3.30. The summed E-state index contributed by atoms with van der Waals surface area (Å²) in [6.45, 7) is 8.73. The lowest BCUT2D eigenvalue weighted by Crippen LogP contribution is -2.20. The Morgan fingerprint density at radius 1 is 0.933 bits per heavy atom. The summed E-state index contributed by atoms with van der Waals surface area (Å²) in [4.78, 5) is 12.2. The number of carbonyl (C=O) groups excluding carboxylic acids is 1. The second-order valence-electron chi connectivity index (χ2n) is 7.50. The molecule has 0 fully saturated rings. The summed E-state index contributed by atoms with van der Waals surface area (Å²) in [5, 5.41) is 6.76. The molecule has 0 aromatic heterocycles. The number of nitrogens with one attached hydrogen (secondary N) is 2. The lowest BCUT2D eigenvalue weighted by atomic mass is 10.1. The van der Waals surface area contributed by atoms with Gasteiger partial charge in [-0.1, -0.05) is 35.9 Å². The zero-order valence-electron chi connectivity index (χ0n) is 17.8. The molecule has 0 bridgehead atoms. The number of ether oxygens (including phenoxy) is 1. The highest BCUT2D eigenvalue weighted by atomic mass is 35.5. The van der Waals surface area contributed by atoms with Crippen molar-refractivity contribution in [3.05, 3.63) is 87.4 Å². The molecule has 5 heteroatoms. The summed E-state index contributed by atoms with van der Waals surface area (Å²) in [7, 11) is 0. The van der Waals surface area contributed by atoms with Crippen LogP contribution in [0.1, 0.15) is 27.8 Å². The van der Waals surface area contributed by atoms with Gasteiger partial charge in [0.15, 0.2) is 6.61 Å². The molecule has 0 atom stereocenters. The maximum absolute atomic E-state index is 12.2. The fourth-order valence-electron chi connectivity index (χ4n) is 3.04. The van der Waals surface area contributed by atoms with Gasteiger partial charge in [0.25, 0.3) is 5.91 Å². The summed E-state index contributed by atoms with van der Waals surface area (Å²) in [5.74, 6) is 0.267. The largest absolute Gasteiger partial charge is 0.482 e. The highest BCUT2D eigenvalue weighted by Gasteiger charge is 2.09. The first-order chi connectivity index (χ1) is 14.3. The molecule has 0 unspecified atom stereocenters. The molecule has 0 aliphatic rings. The second-order valence-corrected chi connectivity index (χ2v) is 7.91. The third-order valence-electron chi connectivity index (χ3n) is 5.24. The van der Waals surface area contributed by atoms with Crippen molar-refractivity contribution in [2.24, 2.45) is 0 Å². The van der Waals surface area contributed by atoms with Crippen LogP contribution in [-0.2, 0) is 11.3 Å². The van der Waals surface area contributed by atoms with Gasteiger partial charge in [0.05, 0.1) is 5.02 Å². The van der Waals surface area contributed by atoms with Crippen LogP contribution < -0.4 is 15.4 Å². The number of amides is 1. The minimum atomic E-state index is -0.222. The van der Waals surface area contributed by atoms with E-state index in [9.17, 15) is 4.79 Å². The van der Waals surface area contributed by atoms with Crippen molar-refractivity contribution in [1.29, 1.82) is 0 Å². The predicted octanol–water partition coefficient (Wildman–Crippen LogP) is 6.20. The number of hydrogen-bond donors (Lipinski definition) is 2. The van der Waals surface area contributed by atoms with E-state index in [0.29, 0.717) is 17.3 Å². The molecule has 0 saturated heterocycles. The van der Waals surface area contributed by atoms with E-state index < -0.39 is 0 Å². The molecule has 0 saturated carbocycles. The number of anilines is 2. The molecule has 0 radical (unpaired) electrons. The molecular formula is C25H27ClN2O2. The zero-order valence-corrected chi connectivity index (χ0v) is 18.6. The van der Waals surface area contributed by atoms with E-state index in [4.69, 9.17) is 16.3 Å². The lowest BCUT2D eigenvalue weighted by Gasteiger charge is -2.13. The Kier molecular flexibility index (Phi) is 7.01. The Bertz CT molecular complexity index is 1060. The monoisotopic (exact) mass is 422 g/mol. The average Bonchev–Trinajstić information content (AvgIpc) is 2.71. The van der Waals surface area contributed by atoms with Crippen LogP contribution in [0, 0.1) is 27.7 Å². The third-order valence-corrected chi connectivity index (χ3v) is 5.53. The quantitative estimate of drug-likeness (QED) is 0.476. The zero-order chi connectivity index (χ0) is 21.7. The summed E-state index contributed by atoms with van der Waals surface area (Å²) in [6, 6.07) is 17.7. The first kappa shape index (κ1) is 21.7. The van der Waals surface area contributed by atoms with Crippen LogP contribution in [0.4, 0.5) is 11.4 Å². The van der Waals surface area contributed by atoms with Gasteiger partial charge in [-0.25, -0.2) is 0 Å². The Labute approximate surface area is 183 Å². The van der Waals surface area contributed by atoms with Gasteiger partial charge in [-0.2, -0.15) is 0 Å². The first-order valence-corrected chi connectivity index (χ1v) is 10.3. The molecule has 0 aliphatic carbocycles. The van der Waals surface area contributed by atoms with Gasteiger partial charge < -0.3 is 15.4 Å². The Morgan fingerprint density at radius 3 is 2.47 bits per heavy atom. The van der Waals surface area contributed by atoms with Crippen LogP contribution in [-0.4, -0.2) is 12.5 Å². The van der Waals surface area contributed by atoms with E-state index in [1.54, 1.807) is 6.07 Å². The number of hydrogen-bond acceptors (Lipinski definition) is 3. The molecule has 1 amide bonds. The molecule has 0 aliphatic heterocycles. The van der Waals surface area contributed by atoms with Gasteiger partial charge in [0.1, 0.15) is 5.75 Å². The van der Waals surface area contributed by atoms with Crippen molar-refractivity contribution in [2.45, 2.75) is 34.2 Å². The fraction of sp³-hybridized carbons (Fsp3) is 0.240. The standard InChI is InChI=1S/C25H27ClN2O2/c1-16-8-10-21(12-18(16)3)27-14-20-9-11-24(22(26)13-20)30-15-25(29)28-23-7-5-6-17(2)19(23)4/h5-13,27H,14-15H2,1-4H3,(H,28,29). The molecule has 0 heterocycles. The van der Waals surface area contributed by atoms with Crippen molar-refractivity contribution in [3.63, 3.8) is 0 Å². The van der Waals surface area contributed by atoms with Gasteiger partial charge in [0, 0.05) is 17.9 Å². The number of benzene rings is 3. The van der Waals surface area contributed by atoms with E-state index in [1.165, 1.54) is 11.1 Å². The topological polar surface area (TPSA) is 50.4 Å². The van der Waals surface area contributed by atoms with Gasteiger partial charge in [-0.3, -0.25) is 4.79 Å². The normalized spacial score (nSPS) is 10.6. The van der Waals surface area contributed by atoms with E-state index in [2.05, 4.69) is 42.7 Å². The molecule has 3 rings (SSSR count). The maximum Gasteiger partial charge on any atom is 0.262 e.